The topological polar surface area (TPSA) is 84.2 Å². The van der Waals surface area contributed by atoms with Crippen molar-refractivity contribution in [3.63, 3.8) is 0 Å². The molecule has 2 aromatic rings. The van der Waals surface area contributed by atoms with Gasteiger partial charge in [-0.2, -0.15) is 0 Å². The van der Waals surface area contributed by atoms with E-state index in [0.29, 0.717) is 16.5 Å². The quantitative estimate of drug-likeness (QED) is 0.806. The van der Waals surface area contributed by atoms with E-state index in [1.807, 2.05) is 13.0 Å². The van der Waals surface area contributed by atoms with Gasteiger partial charge in [-0.3, -0.25) is 0 Å². The van der Waals surface area contributed by atoms with E-state index in [1.165, 1.54) is 17.5 Å². The standard InChI is InChI=1S/C11H15N3O3S2/c1-2-12-8-10-3-4-11(18-10)19(15,16)14-7-9-5-6-13-17-9/h3-6,12,14H,2,7-8H2,1H3. The normalized spacial score (nSPS) is 11.8. The second-order valence-corrected chi connectivity index (χ2v) is 6.97. The van der Waals surface area contributed by atoms with E-state index in [4.69, 9.17) is 4.52 Å². The molecule has 19 heavy (non-hydrogen) atoms. The lowest BCUT2D eigenvalue weighted by Crippen LogP contribution is -2.22. The number of thiophene rings is 1. The third kappa shape index (κ3) is 3.87. The van der Waals surface area contributed by atoms with Gasteiger partial charge >= 0.3 is 0 Å². The second-order valence-electron chi connectivity index (χ2n) is 3.80. The van der Waals surface area contributed by atoms with Crippen molar-refractivity contribution in [1.29, 1.82) is 0 Å². The zero-order valence-corrected chi connectivity index (χ0v) is 12.1. The third-order valence-corrected chi connectivity index (χ3v) is 5.36. The van der Waals surface area contributed by atoms with Gasteiger partial charge in [0.1, 0.15) is 4.21 Å². The molecule has 6 nitrogen and oxygen atoms in total. The minimum Gasteiger partial charge on any atom is -0.360 e. The molecular formula is C11H15N3O3S2. The van der Waals surface area contributed by atoms with E-state index < -0.39 is 10.0 Å². The lowest BCUT2D eigenvalue weighted by molar-refractivity contribution is 0.380. The fourth-order valence-electron chi connectivity index (χ4n) is 1.42. The Hall–Kier alpha value is -1.22. The zero-order chi connectivity index (χ0) is 13.7. The molecule has 0 aliphatic heterocycles. The summed E-state index contributed by atoms with van der Waals surface area (Å²) in [6.45, 7) is 3.63. The minimum absolute atomic E-state index is 0.1000. The van der Waals surface area contributed by atoms with Gasteiger partial charge in [0.2, 0.25) is 10.0 Å². The molecule has 0 saturated carbocycles. The molecule has 0 atom stereocenters. The highest BCUT2D eigenvalue weighted by atomic mass is 32.2. The maximum Gasteiger partial charge on any atom is 0.250 e. The van der Waals surface area contributed by atoms with E-state index in [-0.39, 0.29) is 6.54 Å². The first-order chi connectivity index (χ1) is 9.12. The molecule has 2 heterocycles. The van der Waals surface area contributed by atoms with Gasteiger partial charge in [0.25, 0.3) is 0 Å². The van der Waals surface area contributed by atoms with Crippen LogP contribution in [-0.2, 0) is 23.1 Å². The summed E-state index contributed by atoms with van der Waals surface area (Å²) in [5.74, 6) is 0.480. The van der Waals surface area contributed by atoms with Gasteiger partial charge in [-0.15, -0.1) is 11.3 Å². The Morgan fingerprint density at radius 1 is 1.32 bits per heavy atom. The van der Waals surface area contributed by atoms with E-state index in [1.54, 1.807) is 12.1 Å². The zero-order valence-electron chi connectivity index (χ0n) is 10.4. The molecule has 0 aliphatic rings. The fraction of sp³-hybridized carbons (Fsp3) is 0.364. The van der Waals surface area contributed by atoms with Crippen molar-refractivity contribution in [1.82, 2.24) is 15.2 Å². The maximum absolute atomic E-state index is 12.0. The van der Waals surface area contributed by atoms with Crippen LogP contribution in [0, 0.1) is 0 Å². The summed E-state index contributed by atoms with van der Waals surface area (Å²) in [4.78, 5) is 0.988. The highest BCUT2D eigenvalue weighted by Gasteiger charge is 2.17. The number of aromatic nitrogens is 1. The molecule has 0 unspecified atom stereocenters. The average molecular weight is 301 g/mol. The molecule has 0 saturated heterocycles. The van der Waals surface area contributed by atoms with Crippen LogP contribution in [0.4, 0.5) is 0 Å². The second kappa shape index (κ2) is 6.29. The largest absolute Gasteiger partial charge is 0.360 e. The van der Waals surface area contributed by atoms with E-state index in [2.05, 4.69) is 15.2 Å². The van der Waals surface area contributed by atoms with Crippen LogP contribution in [0.2, 0.25) is 0 Å². The van der Waals surface area contributed by atoms with E-state index >= 15 is 0 Å². The van der Waals surface area contributed by atoms with Crippen LogP contribution < -0.4 is 10.0 Å². The molecule has 0 aliphatic carbocycles. The van der Waals surface area contributed by atoms with E-state index in [9.17, 15) is 8.42 Å². The highest BCUT2D eigenvalue weighted by Crippen LogP contribution is 2.21. The fourth-order valence-corrected chi connectivity index (χ4v) is 3.78. The SMILES string of the molecule is CCNCc1ccc(S(=O)(=O)NCc2ccno2)s1. The molecule has 0 amide bonds. The predicted molar refractivity (Wildman–Crippen MR) is 72.2 cm³/mol. The van der Waals surface area contributed by atoms with Crippen molar-refractivity contribution in [3.05, 3.63) is 35.0 Å². The predicted octanol–water partition coefficient (Wildman–Crippen LogP) is 1.32. The lowest BCUT2D eigenvalue weighted by atomic mass is 10.4. The van der Waals surface area contributed by atoms with Gasteiger partial charge in [0.15, 0.2) is 5.76 Å². The van der Waals surface area contributed by atoms with Gasteiger partial charge in [-0.05, 0) is 18.7 Å². The van der Waals surface area contributed by atoms with Crippen molar-refractivity contribution in [2.75, 3.05) is 6.54 Å². The van der Waals surface area contributed by atoms with Crippen molar-refractivity contribution >= 4 is 21.4 Å². The summed E-state index contributed by atoms with van der Waals surface area (Å²) in [5, 5.41) is 6.67. The monoisotopic (exact) mass is 301 g/mol. The minimum atomic E-state index is -3.49. The number of hydrogen-bond acceptors (Lipinski definition) is 6. The molecular weight excluding hydrogens is 286 g/mol. The smallest absolute Gasteiger partial charge is 0.250 e. The van der Waals surface area contributed by atoms with Gasteiger partial charge in [0.05, 0.1) is 12.7 Å². The first-order valence-corrected chi connectivity index (χ1v) is 8.10. The van der Waals surface area contributed by atoms with Crippen LogP contribution in [0.3, 0.4) is 0 Å². The Kier molecular flexibility index (Phi) is 4.70. The first-order valence-electron chi connectivity index (χ1n) is 5.80. The summed E-state index contributed by atoms with van der Waals surface area (Å²) in [6.07, 6.45) is 1.48. The summed E-state index contributed by atoms with van der Waals surface area (Å²) in [6, 6.07) is 5.05. The number of sulfonamides is 1. The number of hydrogen-bond donors (Lipinski definition) is 2. The number of rotatable bonds is 7. The molecule has 2 aromatic heterocycles. The van der Waals surface area contributed by atoms with Gasteiger partial charge in [-0.25, -0.2) is 13.1 Å². The highest BCUT2D eigenvalue weighted by molar-refractivity contribution is 7.91. The summed E-state index contributed by atoms with van der Waals surface area (Å²) in [5.41, 5.74) is 0. The average Bonchev–Trinajstić information content (AvgIpc) is 3.05. The maximum atomic E-state index is 12.0. The molecule has 0 radical (unpaired) electrons. The van der Waals surface area contributed by atoms with Gasteiger partial charge < -0.3 is 9.84 Å². The lowest BCUT2D eigenvalue weighted by Gasteiger charge is -2.01. The van der Waals surface area contributed by atoms with Crippen molar-refractivity contribution in [2.45, 2.75) is 24.2 Å². The van der Waals surface area contributed by atoms with Crippen LogP contribution in [0.5, 0.6) is 0 Å². The Labute approximate surface area is 115 Å². The first kappa shape index (κ1) is 14.2. The molecule has 0 bridgehead atoms. The van der Waals surface area contributed by atoms with Crippen LogP contribution >= 0.6 is 11.3 Å². The molecule has 104 valence electrons. The molecule has 2 rings (SSSR count). The van der Waals surface area contributed by atoms with Crippen LogP contribution in [0.1, 0.15) is 17.6 Å². The summed E-state index contributed by atoms with van der Waals surface area (Å²) >= 11 is 1.26. The Balaban J connectivity index is 2.00. The van der Waals surface area contributed by atoms with Crippen LogP contribution in [-0.4, -0.2) is 20.1 Å². The van der Waals surface area contributed by atoms with Crippen molar-refractivity contribution in [2.24, 2.45) is 0 Å². The Morgan fingerprint density at radius 2 is 2.16 bits per heavy atom. The molecule has 0 spiro atoms. The molecule has 8 heteroatoms. The molecule has 2 N–H and O–H groups in total. The summed E-state index contributed by atoms with van der Waals surface area (Å²) < 4.78 is 31.7. The van der Waals surface area contributed by atoms with Crippen molar-refractivity contribution < 1.29 is 12.9 Å². The van der Waals surface area contributed by atoms with Crippen molar-refractivity contribution in [3.8, 4) is 0 Å². The Bertz CT molecular complexity index is 605. The van der Waals surface area contributed by atoms with Gasteiger partial charge in [-0.1, -0.05) is 12.1 Å². The van der Waals surface area contributed by atoms with E-state index in [0.717, 1.165) is 11.4 Å². The number of nitrogens with one attached hydrogen (secondary N) is 2. The number of nitrogens with zero attached hydrogens (tertiary/aromatic N) is 1. The van der Waals surface area contributed by atoms with Crippen LogP contribution in [0.15, 0.2) is 33.1 Å². The van der Waals surface area contributed by atoms with Crippen LogP contribution in [0.25, 0.3) is 0 Å². The third-order valence-electron chi connectivity index (χ3n) is 2.38. The Morgan fingerprint density at radius 3 is 2.84 bits per heavy atom. The molecule has 0 aromatic carbocycles. The molecule has 0 fully saturated rings. The van der Waals surface area contributed by atoms with Gasteiger partial charge in [0, 0.05) is 17.5 Å². The summed E-state index contributed by atoms with van der Waals surface area (Å²) in [7, 11) is -3.49.